The Morgan fingerprint density at radius 1 is 1.26 bits per heavy atom. The van der Waals surface area contributed by atoms with Gasteiger partial charge >= 0.3 is 0 Å². The molecule has 2 atom stereocenters. The van der Waals surface area contributed by atoms with Gasteiger partial charge in [0.15, 0.2) is 5.78 Å². The fourth-order valence-corrected chi connectivity index (χ4v) is 4.63. The molecule has 1 aromatic carbocycles. The molecule has 0 bridgehead atoms. The number of allylic oxidation sites excluding steroid dienone is 1. The number of Topliss-reactive ketones (excluding diaryl/α,β-unsaturated/α-hetero) is 1. The molecular formula is C19H26IN5O5S. The van der Waals surface area contributed by atoms with Crippen LogP contribution in [0.2, 0.25) is 0 Å². The number of hydrogen-bond acceptors (Lipinski definition) is 6. The Morgan fingerprint density at radius 3 is 2.65 bits per heavy atom. The van der Waals surface area contributed by atoms with Gasteiger partial charge in [0.05, 0.1) is 17.5 Å². The van der Waals surface area contributed by atoms with E-state index < -0.39 is 22.0 Å². The lowest BCUT2D eigenvalue weighted by Crippen LogP contribution is -2.45. The molecule has 0 spiro atoms. The van der Waals surface area contributed by atoms with E-state index in [2.05, 4.69) is 37.8 Å². The molecule has 2 unspecified atom stereocenters. The molecule has 1 aromatic rings. The van der Waals surface area contributed by atoms with Crippen molar-refractivity contribution in [1.29, 1.82) is 0 Å². The monoisotopic (exact) mass is 563 g/mol. The number of nitrogens with one attached hydrogen (secondary N) is 2. The zero-order chi connectivity index (χ0) is 22.9. The van der Waals surface area contributed by atoms with Crippen molar-refractivity contribution in [3.8, 4) is 0 Å². The molecule has 31 heavy (non-hydrogen) atoms. The number of carbonyl (C=O) groups is 2. The quantitative estimate of drug-likeness (QED) is 0.0807. The summed E-state index contributed by atoms with van der Waals surface area (Å²) in [7, 11) is -3.79. The van der Waals surface area contributed by atoms with Gasteiger partial charge in [-0.05, 0) is 64.9 Å². The third kappa shape index (κ3) is 8.45. The van der Waals surface area contributed by atoms with Crippen LogP contribution in [-0.4, -0.2) is 45.3 Å². The predicted octanol–water partition coefficient (Wildman–Crippen LogP) is 0.575. The molecule has 12 heteroatoms. The zero-order valence-electron chi connectivity index (χ0n) is 16.8. The summed E-state index contributed by atoms with van der Waals surface area (Å²) < 4.78 is 28.6. The van der Waals surface area contributed by atoms with E-state index in [0.717, 1.165) is 3.57 Å². The van der Waals surface area contributed by atoms with Crippen LogP contribution in [0.25, 0.3) is 0 Å². The molecule has 6 N–H and O–H groups in total. The minimum atomic E-state index is -3.79. The van der Waals surface area contributed by atoms with Gasteiger partial charge in [-0.2, -0.15) is 0 Å². The number of oxime groups is 1. The van der Waals surface area contributed by atoms with Crippen molar-refractivity contribution in [3.05, 3.63) is 40.0 Å². The van der Waals surface area contributed by atoms with Crippen molar-refractivity contribution in [3.63, 3.8) is 0 Å². The third-order valence-corrected chi connectivity index (χ3v) is 6.70. The minimum Gasteiger partial charge on any atom is -0.391 e. The maximum absolute atomic E-state index is 12.7. The molecule has 10 nitrogen and oxygen atoms in total. The Balaban J connectivity index is 1.84. The smallest absolute Gasteiger partial charge is 0.241 e. The van der Waals surface area contributed by atoms with Crippen LogP contribution in [0.3, 0.4) is 0 Å². The van der Waals surface area contributed by atoms with Gasteiger partial charge in [-0.25, -0.2) is 13.1 Å². The summed E-state index contributed by atoms with van der Waals surface area (Å²) in [5, 5.41) is 5.95. The van der Waals surface area contributed by atoms with E-state index in [4.69, 9.17) is 16.3 Å². The van der Waals surface area contributed by atoms with E-state index in [9.17, 15) is 18.0 Å². The summed E-state index contributed by atoms with van der Waals surface area (Å²) >= 11 is 2.09. The number of carbonyl (C=O) groups excluding carboxylic acids is 2. The fourth-order valence-electron chi connectivity index (χ4n) is 3.03. The summed E-state index contributed by atoms with van der Waals surface area (Å²) in [6, 6.07) is 5.63. The van der Waals surface area contributed by atoms with Crippen molar-refractivity contribution in [2.24, 2.45) is 22.5 Å². The number of ketones is 1. The van der Waals surface area contributed by atoms with Gasteiger partial charge in [-0.1, -0.05) is 18.6 Å². The number of sulfonamides is 1. The maximum atomic E-state index is 12.7. The van der Waals surface area contributed by atoms with Crippen LogP contribution < -0.4 is 21.5 Å². The van der Waals surface area contributed by atoms with Gasteiger partial charge in [0, 0.05) is 15.9 Å². The lowest BCUT2D eigenvalue weighted by molar-refractivity contribution is -0.125. The van der Waals surface area contributed by atoms with Crippen LogP contribution in [0.1, 0.15) is 25.7 Å². The molecule has 1 saturated carbocycles. The first-order valence-corrected chi connectivity index (χ1v) is 12.2. The molecule has 0 aliphatic heterocycles. The molecule has 170 valence electrons. The van der Waals surface area contributed by atoms with Gasteiger partial charge in [-0.3, -0.25) is 9.59 Å². The van der Waals surface area contributed by atoms with Gasteiger partial charge in [0.25, 0.3) is 0 Å². The molecular weight excluding hydrogens is 537 g/mol. The van der Waals surface area contributed by atoms with E-state index in [-0.39, 0.29) is 42.1 Å². The number of benzene rings is 1. The van der Waals surface area contributed by atoms with Crippen molar-refractivity contribution >= 4 is 50.3 Å². The lowest BCUT2D eigenvalue weighted by atomic mass is 9.84. The highest BCUT2D eigenvalue weighted by molar-refractivity contribution is 14.1. The van der Waals surface area contributed by atoms with Crippen LogP contribution in [0, 0.1) is 9.49 Å². The van der Waals surface area contributed by atoms with Crippen LogP contribution in [0.5, 0.6) is 0 Å². The highest BCUT2D eigenvalue weighted by Crippen LogP contribution is 2.24. The van der Waals surface area contributed by atoms with Crippen LogP contribution in [-0.2, 0) is 24.4 Å². The minimum absolute atomic E-state index is 0.0884. The fraction of sp³-hybridized carbons (Fsp3) is 0.421. The second-order valence-corrected chi connectivity index (χ2v) is 9.86. The topological polar surface area (TPSA) is 166 Å². The first-order valence-electron chi connectivity index (χ1n) is 9.65. The Hall–Kier alpha value is -2.19. The van der Waals surface area contributed by atoms with Crippen molar-refractivity contribution in [2.75, 3.05) is 13.2 Å². The molecule has 1 amide bonds. The standard InChI is InChI=1S/C19H26IN5O5S/c20-14-7-9-15(10-8-14)31(28,29)25-16-5-1-3-13(18(16)27)4-2-6-17(26)23-11-12-30-24-19(21)22/h2,4,7-10,13,16,25H,1,3,5-6,11-12H2,(H,23,26)(H4,21,22,24)/b4-2+. The molecule has 1 fully saturated rings. The van der Waals surface area contributed by atoms with Crippen LogP contribution in [0.15, 0.2) is 46.5 Å². The van der Waals surface area contributed by atoms with Crippen molar-refractivity contribution in [2.45, 2.75) is 36.6 Å². The van der Waals surface area contributed by atoms with Gasteiger partial charge in [0.2, 0.25) is 21.9 Å². The number of rotatable bonds is 10. The van der Waals surface area contributed by atoms with E-state index in [1.165, 1.54) is 12.1 Å². The molecule has 0 radical (unpaired) electrons. The first-order chi connectivity index (χ1) is 14.7. The number of hydrogen-bond donors (Lipinski definition) is 4. The summed E-state index contributed by atoms with van der Waals surface area (Å²) in [5.41, 5.74) is 10.2. The zero-order valence-corrected chi connectivity index (χ0v) is 19.8. The van der Waals surface area contributed by atoms with Crippen molar-refractivity contribution < 1.29 is 22.8 Å². The molecule has 1 aliphatic rings. The van der Waals surface area contributed by atoms with E-state index in [1.807, 2.05) is 0 Å². The molecule has 0 aromatic heterocycles. The van der Waals surface area contributed by atoms with Crippen molar-refractivity contribution in [1.82, 2.24) is 10.0 Å². The van der Waals surface area contributed by atoms with Gasteiger partial charge in [0.1, 0.15) is 6.61 Å². The summed E-state index contributed by atoms with van der Waals surface area (Å²) in [6.45, 7) is 0.352. The highest BCUT2D eigenvalue weighted by Gasteiger charge is 2.32. The van der Waals surface area contributed by atoms with Crippen LogP contribution >= 0.6 is 22.6 Å². The average molecular weight is 563 g/mol. The Bertz CT molecular complexity index is 930. The average Bonchev–Trinajstić information content (AvgIpc) is 2.70. The Morgan fingerprint density at radius 2 is 1.97 bits per heavy atom. The number of guanidine groups is 1. The molecule has 0 saturated heterocycles. The summed E-state index contributed by atoms with van der Waals surface area (Å²) in [4.78, 5) is 29.4. The first kappa shape index (κ1) is 25.1. The third-order valence-electron chi connectivity index (χ3n) is 4.50. The Kier molecular flexibility index (Phi) is 9.71. The Labute approximate surface area is 195 Å². The second-order valence-electron chi connectivity index (χ2n) is 6.90. The van der Waals surface area contributed by atoms with E-state index in [1.54, 1.807) is 24.3 Å². The number of amides is 1. The normalized spacial score (nSPS) is 19.2. The maximum Gasteiger partial charge on any atom is 0.241 e. The molecule has 0 heterocycles. The SMILES string of the molecule is NC(N)=NOCCNC(=O)C/C=C/C1CCCC(NS(=O)(=O)c2ccc(I)cc2)C1=O. The summed E-state index contributed by atoms with van der Waals surface area (Å²) in [5.74, 6) is -1.08. The predicted molar refractivity (Wildman–Crippen MR) is 124 cm³/mol. The molecule has 2 rings (SSSR count). The van der Waals surface area contributed by atoms with E-state index in [0.29, 0.717) is 19.3 Å². The lowest BCUT2D eigenvalue weighted by Gasteiger charge is -2.26. The van der Waals surface area contributed by atoms with Crippen LogP contribution in [0.4, 0.5) is 0 Å². The number of nitrogens with two attached hydrogens (primary N) is 2. The van der Waals surface area contributed by atoms with Gasteiger partial charge in [-0.15, -0.1) is 0 Å². The highest BCUT2D eigenvalue weighted by atomic mass is 127. The summed E-state index contributed by atoms with van der Waals surface area (Å²) in [6.07, 6.45) is 5.14. The molecule has 1 aliphatic carbocycles. The van der Waals surface area contributed by atoms with E-state index >= 15 is 0 Å². The second kappa shape index (κ2) is 12.0. The number of halogens is 1. The van der Waals surface area contributed by atoms with Gasteiger partial charge < -0.3 is 21.6 Å². The number of nitrogens with zero attached hydrogens (tertiary/aromatic N) is 1. The largest absolute Gasteiger partial charge is 0.391 e.